The van der Waals surface area contributed by atoms with Crippen LogP contribution in [0.15, 0.2) is 0 Å². The summed E-state index contributed by atoms with van der Waals surface area (Å²) >= 11 is 0. The van der Waals surface area contributed by atoms with Gasteiger partial charge in [0.2, 0.25) is 0 Å². The van der Waals surface area contributed by atoms with Crippen molar-refractivity contribution in [1.29, 1.82) is 0 Å². The van der Waals surface area contributed by atoms with Gasteiger partial charge in [-0.2, -0.15) is 0 Å². The molecule has 2 N–H and O–H groups in total. The molecule has 1 saturated carbocycles. The highest BCUT2D eigenvalue weighted by atomic mass is 16.5. The van der Waals surface area contributed by atoms with E-state index in [0.29, 0.717) is 0 Å². The molecule has 1 aliphatic carbocycles. The molecule has 0 aliphatic heterocycles. The summed E-state index contributed by atoms with van der Waals surface area (Å²) in [6.07, 6.45) is 7.76. The first kappa shape index (κ1) is 16.9. The maximum absolute atomic E-state index is 6.13. The molecule has 0 heterocycles. The molecule has 0 amide bonds. The Kier molecular flexibility index (Phi) is 7.33. The van der Waals surface area contributed by atoms with Crippen molar-refractivity contribution in [3.63, 3.8) is 0 Å². The van der Waals surface area contributed by atoms with Crippen molar-refractivity contribution in [3.8, 4) is 0 Å². The third-order valence-electron chi connectivity index (χ3n) is 4.69. The fraction of sp³-hybridized carbons (Fsp3) is 1.00. The lowest BCUT2D eigenvalue weighted by atomic mass is 9.92. The molecule has 1 rings (SSSR count). The zero-order valence-corrected chi connectivity index (χ0v) is 13.5. The first-order chi connectivity index (χ1) is 9.03. The molecule has 19 heavy (non-hydrogen) atoms. The van der Waals surface area contributed by atoms with Crippen molar-refractivity contribution >= 4 is 0 Å². The van der Waals surface area contributed by atoms with Crippen LogP contribution in [0.2, 0.25) is 0 Å². The molecule has 1 aliphatic rings. The molecule has 1 fully saturated rings. The predicted octanol–water partition coefficient (Wildman–Crippen LogP) is 3.03. The normalized spacial score (nSPS) is 20.4. The fourth-order valence-electron chi connectivity index (χ4n) is 3.19. The van der Waals surface area contributed by atoms with Gasteiger partial charge in [0.15, 0.2) is 0 Å². The van der Waals surface area contributed by atoms with E-state index in [4.69, 9.17) is 10.5 Å². The average Bonchev–Trinajstić information content (AvgIpc) is 2.90. The van der Waals surface area contributed by atoms with Crippen molar-refractivity contribution < 1.29 is 4.74 Å². The zero-order chi connectivity index (χ0) is 14.3. The average molecular weight is 270 g/mol. The first-order valence-electron chi connectivity index (χ1n) is 7.99. The van der Waals surface area contributed by atoms with Crippen LogP contribution in [0, 0.1) is 5.92 Å². The van der Waals surface area contributed by atoms with Gasteiger partial charge in [-0.05, 0) is 45.1 Å². The topological polar surface area (TPSA) is 38.5 Å². The van der Waals surface area contributed by atoms with Gasteiger partial charge in [-0.25, -0.2) is 0 Å². The molecular weight excluding hydrogens is 236 g/mol. The highest BCUT2D eigenvalue weighted by Crippen LogP contribution is 2.31. The van der Waals surface area contributed by atoms with Crippen LogP contribution >= 0.6 is 0 Å². The van der Waals surface area contributed by atoms with Gasteiger partial charge < -0.3 is 10.5 Å². The molecule has 1 atom stereocenters. The van der Waals surface area contributed by atoms with Gasteiger partial charge in [-0.15, -0.1) is 0 Å². The molecular formula is C16H34N2O. The summed E-state index contributed by atoms with van der Waals surface area (Å²) < 4.78 is 5.30. The molecule has 0 aromatic heterocycles. The highest BCUT2D eigenvalue weighted by Gasteiger charge is 2.36. The summed E-state index contributed by atoms with van der Waals surface area (Å²) in [6.45, 7) is 9.65. The molecule has 0 bridgehead atoms. The van der Waals surface area contributed by atoms with Gasteiger partial charge in [0.05, 0.1) is 0 Å². The standard InChI is InChI=1S/C16H34N2O/c1-14(2)9-11-18(15-7-5-6-8-15)16(3,13-17)10-12-19-4/h14-15H,5-13,17H2,1-4H3. The second kappa shape index (κ2) is 8.23. The number of nitrogens with two attached hydrogens (primary N) is 1. The lowest BCUT2D eigenvalue weighted by Crippen LogP contribution is -2.56. The summed E-state index contributed by atoms with van der Waals surface area (Å²) in [7, 11) is 1.78. The monoisotopic (exact) mass is 270 g/mol. The molecule has 0 aromatic rings. The molecule has 0 spiro atoms. The Morgan fingerprint density at radius 2 is 1.95 bits per heavy atom. The van der Waals surface area contributed by atoms with Crippen LogP contribution in [0.3, 0.4) is 0 Å². The van der Waals surface area contributed by atoms with Crippen molar-refractivity contribution in [2.45, 2.75) is 70.9 Å². The molecule has 1 unspecified atom stereocenters. The summed E-state index contributed by atoms with van der Waals surface area (Å²) in [5, 5.41) is 0. The maximum Gasteiger partial charge on any atom is 0.0480 e. The molecule has 0 radical (unpaired) electrons. The van der Waals surface area contributed by atoms with E-state index in [2.05, 4.69) is 25.7 Å². The minimum atomic E-state index is 0.0971. The van der Waals surface area contributed by atoms with Crippen LogP contribution in [-0.2, 0) is 4.74 Å². The number of methoxy groups -OCH3 is 1. The molecule has 114 valence electrons. The van der Waals surface area contributed by atoms with E-state index >= 15 is 0 Å². The van der Waals surface area contributed by atoms with E-state index in [-0.39, 0.29) is 5.54 Å². The Bertz CT molecular complexity index is 239. The molecule has 3 heteroatoms. The lowest BCUT2D eigenvalue weighted by Gasteiger charge is -2.45. The Morgan fingerprint density at radius 1 is 1.32 bits per heavy atom. The first-order valence-corrected chi connectivity index (χ1v) is 7.99. The van der Waals surface area contributed by atoms with Crippen molar-refractivity contribution in [1.82, 2.24) is 4.90 Å². The third-order valence-corrected chi connectivity index (χ3v) is 4.69. The lowest BCUT2D eigenvalue weighted by molar-refractivity contribution is 0.0311. The zero-order valence-electron chi connectivity index (χ0n) is 13.5. The predicted molar refractivity (Wildman–Crippen MR) is 82.4 cm³/mol. The van der Waals surface area contributed by atoms with Crippen LogP contribution in [0.25, 0.3) is 0 Å². The number of rotatable bonds is 9. The van der Waals surface area contributed by atoms with Crippen LogP contribution in [-0.4, -0.2) is 43.3 Å². The van der Waals surface area contributed by atoms with Gasteiger partial charge in [-0.1, -0.05) is 26.7 Å². The fourth-order valence-corrected chi connectivity index (χ4v) is 3.19. The van der Waals surface area contributed by atoms with Gasteiger partial charge >= 0.3 is 0 Å². The van der Waals surface area contributed by atoms with Crippen molar-refractivity contribution in [2.24, 2.45) is 11.7 Å². The van der Waals surface area contributed by atoms with Crippen LogP contribution in [0.5, 0.6) is 0 Å². The molecule has 0 saturated heterocycles. The van der Waals surface area contributed by atoms with E-state index in [1.807, 2.05) is 0 Å². The Hall–Kier alpha value is -0.120. The summed E-state index contributed by atoms with van der Waals surface area (Å²) in [4.78, 5) is 2.71. The van der Waals surface area contributed by atoms with E-state index < -0.39 is 0 Å². The number of hydrogen-bond donors (Lipinski definition) is 1. The maximum atomic E-state index is 6.13. The minimum absolute atomic E-state index is 0.0971. The third kappa shape index (κ3) is 5.05. The summed E-state index contributed by atoms with van der Waals surface area (Å²) in [5.74, 6) is 0.758. The molecule has 3 nitrogen and oxygen atoms in total. The van der Waals surface area contributed by atoms with Crippen molar-refractivity contribution in [2.75, 3.05) is 26.8 Å². The van der Waals surface area contributed by atoms with E-state index in [0.717, 1.165) is 31.5 Å². The second-order valence-corrected chi connectivity index (χ2v) is 6.76. The molecule has 0 aromatic carbocycles. The van der Waals surface area contributed by atoms with Crippen molar-refractivity contribution in [3.05, 3.63) is 0 Å². The Labute approximate surface area is 119 Å². The minimum Gasteiger partial charge on any atom is -0.385 e. The van der Waals surface area contributed by atoms with E-state index in [1.54, 1.807) is 7.11 Å². The van der Waals surface area contributed by atoms with E-state index in [9.17, 15) is 0 Å². The largest absolute Gasteiger partial charge is 0.385 e. The van der Waals surface area contributed by atoms with Gasteiger partial charge in [-0.3, -0.25) is 4.90 Å². The SMILES string of the molecule is COCCC(C)(CN)N(CCC(C)C)C1CCCC1. The summed E-state index contributed by atoms with van der Waals surface area (Å²) in [6, 6.07) is 0.740. The van der Waals surface area contributed by atoms with Crippen LogP contribution in [0.1, 0.15) is 59.3 Å². The van der Waals surface area contributed by atoms with Gasteiger partial charge in [0.1, 0.15) is 0 Å². The number of ether oxygens (including phenoxy) is 1. The van der Waals surface area contributed by atoms with Crippen LogP contribution in [0.4, 0.5) is 0 Å². The smallest absolute Gasteiger partial charge is 0.0480 e. The number of nitrogens with zero attached hydrogens (tertiary/aromatic N) is 1. The second-order valence-electron chi connectivity index (χ2n) is 6.76. The Balaban J connectivity index is 2.72. The summed E-state index contributed by atoms with van der Waals surface area (Å²) in [5.41, 5.74) is 6.22. The van der Waals surface area contributed by atoms with Crippen LogP contribution < -0.4 is 5.73 Å². The Morgan fingerprint density at radius 3 is 2.42 bits per heavy atom. The van der Waals surface area contributed by atoms with Gasteiger partial charge in [0, 0.05) is 31.8 Å². The highest BCUT2D eigenvalue weighted by molar-refractivity contribution is 4.93. The van der Waals surface area contributed by atoms with E-state index in [1.165, 1.54) is 38.6 Å². The quantitative estimate of drug-likeness (QED) is 0.700. The number of hydrogen-bond acceptors (Lipinski definition) is 3. The van der Waals surface area contributed by atoms with Gasteiger partial charge in [0.25, 0.3) is 0 Å².